The third kappa shape index (κ3) is 3.15. The summed E-state index contributed by atoms with van der Waals surface area (Å²) in [5, 5.41) is 9.75. The summed E-state index contributed by atoms with van der Waals surface area (Å²) in [5.74, 6) is 1.67. The van der Waals surface area contributed by atoms with Crippen molar-refractivity contribution in [3.8, 4) is 5.88 Å². The highest BCUT2D eigenvalue weighted by Gasteiger charge is 2.50. The maximum absolute atomic E-state index is 13.3. The molecule has 1 aromatic heterocycles. The van der Waals surface area contributed by atoms with E-state index in [-0.39, 0.29) is 11.5 Å². The molecule has 1 aromatic rings. The molecule has 3 heterocycles. The zero-order chi connectivity index (χ0) is 18.1. The van der Waals surface area contributed by atoms with E-state index >= 15 is 0 Å². The van der Waals surface area contributed by atoms with Crippen LogP contribution in [0.3, 0.4) is 0 Å². The molecule has 0 bridgehead atoms. The molecule has 1 atom stereocenters. The number of aliphatic hydroxyl groups excluding tert-OH is 1. The Kier molecular flexibility index (Phi) is 4.78. The Balaban J connectivity index is 1.48. The van der Waals surface area contributed by atoms with Gasteiger partial charge in [0.25, 0.3) is 0 Å². The molecular weight excluding hydrogens is 330 g/mol. The van der Waals surface area contributed by atoms with Crippen LogP contribution in [0.5, 0.6) is 5.88 Å². The number of anilines is 1. The maximum Gasteiger partial charge on any atom is 0.230 e. The fourth-order valence-corrected chi connectivity index (χ4v) is 4.89. The van der Waals surface area contributed by atoms with Crippen molar-refractivity contribution in [2.45, 2.75) is 57.1 Å². The second-order valence-corrected chi connectivity index (χ2v) is 7.97. The summed E-state index contributed by atoms with van der Waals surface area (Å²) in [4.78, 5) is 22.2. The lowest BCUT2D eigenvalue weighted by atomic mass is 9.78. The van der Waals surface area contributed by atoms with Gasteiger partial charge in [-0.05, 0) is 51.0 Å². The summed E-state index contributed by atoms with van der Waals surface area (Å²) in [6.07, 6.45) is 6.18. The first-order valence-electron chi connectivity index (χ1n) is 9.78. The van der Waals surface area contributed by atoms with E-state index in [2.05, 4.69) is 20.9 Å². The van der Waals surface area contributed by atoms with Gasteiger partial charge in [0, 0.05) is 37.8 Å². The molecule has 1 amide bonds. The van der Waals surface area contributed by atoms with Crippen LogP contribution in [0.15, 0.2) is 12.1 Å². The van der Waals surface area contributed by atoms with Crippen molar-refractivity contribution in [3.63, 3.8) is 0 Å². The normalized spacial score (nSPS) is 32.3. The SMILES string of the molecule is COc1cc[c]c(N2CCC[C@@]3(CCN([C@H]4CC[C@H](O)CC4)C3=O)C2)n1. The number of aromatic nitrogens is 1. The van der Waals surface area contributed by atoms with Gasteiger partial charge in [0.05, 0.1) is 18.6 Å². The average Bonchev–Trinajstić information content (AvgIpc) is 2.98. The number of piperidine rings is 1. The molecule has 0 unspecified atom stereocenters. The lowest BCUT2D eigenvalue weighted by Crippen LogP contribution is -2.50. The van der Waals surface area contributed by atoms with Gasteiger partial charge in [0.15, 0.2) is 0 Å². The molecule has 3 fully saturated rings. The summed E-state index contributed by atoms with van der Waals surface area (Å²) >= 11 is 0. The van der Waals surface area contributed by atoms with E-state index in [0.29, 0.717) is 24.4 Å². The zero-order valence-corrected chi connectivity index (χ0v) is 15.5. The maximum atomic E-state index is 13.3. The number of ether oxygens (including phenoxy) is 1. The summed E-state index contributed by atoms with van der Waals surface area (Å²) in [6, 6.07) is 7.13. The molecule has 3 aliphatic rings. The topological polar surface area (TPSA) is 65.9 Å². The van der Waals surface area contributed by atoms with Gasteiger partial charge >= 0.3 is 0 Å². The van der Waals surface area contributed by atoms with Crippen molar-refractivity contribution in [2.24, 2.45) is 5.41 Å². The number of aliphatic hydroxyl groups is 1. The Morgan fingerprint density at radius 1 is 1.27 bits per heavy atom. The predicted octanol–water partition coefficient (Wildman–Crippen LogP) is 2.01. The lowest BCUT2D eigenvalue weighted by Gasteiger charge is -2.40. The van der Waals surface area contributed by atoms with Crippen LogP contribution in [0.2, 0.25) is 0 Å². The molecule has 1 N–H and O–H groups in total. The number of pyridine rings is 1. The van der Waals surface area contributed by atoms with Gasteiger partial charge in [0.2, 0.25) is 11.8 Å². The Labute approximate surface area is 155 Å². The van der Waals surface area contributed by atoms with Crippen LogP contribution in [0.4, 0.5) is 5.82 Å². The molecule has 2 saturated heterocycles. The zero-order valence-electron chi connectivity index (χ0n) is 15.5. The highest BCUT2D eigenvalue weighted by atomic mass is 16.5. The fraction of sp³-hybridized carbons (Fsp3) is 0.700. The molecule has 0 aromatic carbocycles. The van der Waals surface area contributed by atoms with Gasteiger partial charge in [-0.3, -0.25) is 4.79 Å². The number of likely N-dealkylation sites (tertiary alicyclic amines) is 1. The van der Waals surface area contributed by atoms with E-state index in [4.69, 9.17) is 4.74 Å². The van der Waals surface area contributed by atoms with Crippen LogP contribution in [0.25, 0.3) is 0 Å². The monoisotopic (exact) mass is 358 g/mol. The molecule has 6 nitrogen and oxygen atoms in total. The van der Waals surface area contributed by atoms with Crippen LogP contribution in [-0.4, -0.2) is 59.8 Å². The second-order valence-electron chi connectivity index (χ2n) is 7.97. The van der Waals surface area contributed by atoms with Crippen LogP contribution in [0, 0.1) is 11.5 Å². The Morgan fingerprint density at radius 3 is 2.85 bits per heavy atom. The predicted molar refractivity (Wildman–Crippen MR) is 98.1 cm³/mol. The molecule has 141 valence electrons. The van der Waals surface area contributed by atoms with Gasteiger partial charge < -0.3 is 19.6 Å². The number of amides is 1. The third-order valence-electron chi connectivity index (χ3n) is 6.39. The molecule has 1 saturated carbocycles. The Hall–Kier alpha value is -1.82. The fourth-order valence-electron chi connectivity index (χ4n) is 4.89. The van der Waals surface area contributed by atoms with Crippen LogP contribution < -0.4 is 9.64 Å². The van der Waals surface area contributed by atoms with E-state index in [1.54, 1.807) is 13.2 Å². The minimum absolute atomic E-state index is 0.183. The van der Waals surface area contributed by atoms with Gasteiger partial charge in [-0.15, -0.1) is 0 Å². The van der Waals surface area contributed by atoms with E-state index in [9.17, 15) is 9.90 Å². The highest BCUT2D eigenvalue weighted by Crippen LogP contribution is 2.43. The number of methoxy groups -OCH3 is 1. The summed E-state index contributed by atoms with van der Waals surface area (Å²) in [6.45, 7) is 2.47. The number of rotatable bonds is 3. The molecule has 1 spiro atoms. The first-order chi connectivity index (χ1) is 12.6. The number of hydrogen-bond donors (Lipinski definition) is 1. The van der Waals surface area contributed by atoms with E-state index in [1.807, 2.05) is 6.07 Å². The first kappa shape index (κ1) is 17.6. The molecule has 4 rings (SSSR count). The molecule has 2 aliphatic heterocycles. The van der Waals surface area contributed by atoms with Crippen molar-refractivity contribution in [1.82, 2.24) is 9.88 Å². The molecular formula is C20H28N3O3. The number of nitrogens with zero attached hydrogens (tertiary/aromatic N) is 3. The van der Waals surface area contributed by atoms with E-state index < -0.39 is 0 Å². The van der Waals surface area contributed by atoms with Crippen LogP contribution in [0.1, 0.15) is 44.9 Å². The number of hydrogen-bond acceptors (Lipinski definition) is 5. The van der Waals surface area contributed by atoms with Crippen molar-refractivity contribution in [1.29, 1.82) is 0 Å². The molecule has 6 heteroatoms. The summed E-state index contributed by atoms with van der Waals surface area (Å²) in [7, 11) is 1.61. The van der Waals surface area contributed by atoms with E-state index in [1.165, 1.54) is 0 Å². The molecule has 1 radical (unpaired) electrons. The lowest BCUT2D eigenvalue weighted by molar-refractivity contribution is -0.139. The van der Waals surface area contributed by atoms with Gasteiger partial charge in [-0.25, -0.2) is 0 Å². The van der Waals surface area contributed by atoms with Gasteiger partial charge in [-0.1, -0.05) is 0 Å². The van der Waals surface area contributed by atoms with Crippen molar-refractivity contribution in [3.05, 3.63) is 18.2 Å². The number of carbonyl (C=O) groups is 1. The third-order valence-corrected chi connectivity index (χ3v) is 6.39. The standard InChI is InChI=1S/C20H28N3O3/c1-26-18-5-2-4-17(21-18)22-12-3-10-20(14-22)11-13-23(19(20)25)15-6-8-16(24)9-7-15/h2,5,15-16,24H,3,6-14H2,1H3/t15-,16-,20-/m1/s1. The van der Waals surface area contributed by atoms with Crippen LogP contribution in [-0.2, 0) is 4.79 Å². The smallest absolute Gasteiger partial charge is 0.230 e. The molecule has 26 heavy (non-hydrogen) atoms. The largest absolute Gasteiger partial charge is 0.481 e. The van der Waals surface area contributed by atoms with Crippen molar-refractivity contribution in [2.75, 3.05) is 31.6 Å². The molecule has 1 aliphatic carbocycles. The number of carbonyl (C=O) groups excluding carboxylic acids is 1. The van der Waals surface area contributed by atoms with E-state index in [0.717, 1.165) is 63.9 Å². The Bertz CT molecular complexity index is 659. The van der Waals surface area contributed by atoms with Crippen molar-refractivity contribution < 1.29 is 14.6 Å². The second kappa shape index (κ2) is 7.06. The van der Waals surface area contributed by atoms with Crippen LogP contribution >= 0.6 is 0 Å². The first-order valence-corrected chi connectivity index (χ1v) is 9.78. The minimum atomic E-state index is -0.285. The van der Waals surface area contributed by atoms with Gasteiger partial charge in [-0.2, -0.15) is 4.98 Å². The summed E-state index contributed by atoms with van der Waals surface area (Å²) < 4.78 is 5.24. The van der Waals surface area contributed by atoms with Crippen molar-refractivity contribution >= 4 is 11.7 Å². The minimum Gasteiger partial charge on any atom is -0.481 e. The summed E-state index contributed by atoms with van der Waals surface area (Å²) in [5.41, 5.74) is -0.285. The average molecular weight is 358 g/mol. The Morgan fingerprint density at radius 2 is 2.08 bits per heavy atom. The highest BCUT2D eigenvalue weighted by molar-refractivity contribution is 5.86. The van der Waals surface area contributed by atoms with Gasteiger partial charge in [0.1, 0.15) is 5.82 Å². The quantitative estimate of drug-likeness (QED) is 0.895.